The van der Waals surface area contributed by atoms with Crippen molar-refractivity contribution in [3.05, 3.63) is 23.2 Å². The Labute approximate surface area is 136 Å². The molecule has 0 heterocycles. The first kappa shape index (κ1) is 18.1. The van der Waals surface area contributed by atoms with Crippen LogP contribution < -0.4 is 15.5 Å². The van der Waals surface area contributed by atoms with Gasteiger partial charge in [-0.1, -0.05) is 18.5 Å². The number of hydrogen-bond donors (Lipinski definition) is 2. The highest BCUT2D eigenvalue weighted by Gasteiger charge is 2.18. The number of hydrogen-bond acceptors (Lipinski definition) is 3. The number of nitrogens with zero attached hydrogens (tertiary/aromatic N) is 2. The third-order valence-electron chi connectivity index (χ3n) is 3.27. The predicted octanol–water partition coefficient (Wildman–Crippen LogP) is 2.25. The van der Waals surface area contributed by atoms with Gasteiger partial charge >= 0.3 is 6.03 Å². The summed E-state index contributed by atoms with van der Waals surface area (Å²) in [7, 11) is 7.00. The average Bonchev–Trinajstić information content (AvgIpc) is 2.45. The van der Waals surface area contributed by atoms with E-state index in [-0.39, 0.29) is 17.9 Å². The molecule has 3 amide bonds. The van der Waals surface area contributed by atoms with Crippen LogP contribution in [-0.2, 0) is 4.79 Å². The van der Waals surface area contributed by atoms with Crippen molar-refractivity contribution in [1.29, 1.82) is 0 Å². The third-order valence-corrected chi connectivity index (χ3v) is 3.51. The molecule has 0 bridgehead atoms. The number of benzene rings is 1. The summed E-state index contributed by atoms with van der Waals surface area (Å²) in [5.41, 5.74) is 1.48. The molecular weight excluding hydrogens is 304 g/mol. The lowest BCUT2D eigenvalue weighted by molar-refractivity contribution is -0.124. The highest BCUT2D eigenvalue weighted by Crippen LogP contribution is 2.28. The van der Waals surface area contributed by atoms with Crippen LogP contribution >= 0.6 is 11.6 Å². The first-order chi connectivity index (χ1) is 10.3. The molecule has 0 saturated heterocycles. The summed E-state index contributed by atoms with van der Waals surface area (Å²) in [6.07, 6.45) is 0. The van der Waals surface area contributed by atoms with Crippen molar-refractivity contribution in [3.8, 4) is 0 Å². The van der Waals surface area contributed by atoms with Crippen molar-refractivity contribution in [2.75, 3.05) is 45.0 Å². The van der Waals surface area contributed by atoms with Crippen molar-refractivity contribution >= 4 is 34.9 Å². The fraction of sp³-hybridized carbons (Fsp3) is 0.467. The molecule has 0 saturated carbocycles. The van der Waals surface area contributed by atoms with Crippen LogP contribution in [-0.4, -0.2) is 51.6 Å². The fourth-order valence-electron chi connectivity index (χ4n) is 2.03. The smallest absolute Gasteiger partial charge is 0.321 e. The molecule has 0 fully saturated rings. The van der Waals surface area contributed by atoms with Crippen LogP contribution in [0, 0.1) is 5.92 Å². The van der Waals surface area contributed by atoms with Gasteiger partial charge in [0, 0.05) is 39.8 Å². The van der Waals surface area contributed by atoms with E-state index >= 15 is 0 Å². The lowest BCUT2D eigenvalue weighted by atomic mass is 10.1. The van der Waals surface area contributed by atoms with E-state index in [2.05, 4.69) is 10.6 Å². The first-order valence-electron chi connectivity index (χ1n) is 6.96. The van der Waals surface area contributed by atoms with Crippen LogP contribution in [0.3, 0.4) is 0 Å². The van der Waals surface area contributed by atoms with Crippen molar-refractivity contribution in [2.45, 2.75) is 6.92 Å². The monoisotopic (exact) mass is 326 g/mol. The Hall–Kier alpha value is -1.95. The van der Waals surface area contributed by atoms with E-state index in [0.717, 1.165) is 5.69 Å². The van der Waals surface area contributed by atoms with E-state index in [1.165, 1.54) is 4.90 Å². The number of nitrogens with one attached hydrogen (secondary N) is 2. The number of anilines is 2. The summed E-state index contributed by atoms with van der Waals surface area (Å²) in [6, 6.07) is 5.01. The molecule has 2 N–H and O–H groups in total. The Morgan fingerprint density at radius 3 is 2.45 bits per heavy atom. The van der Waals surface area contributed by atoms with Gasteiger partial charge in [0.25, 0.3) is 0 Å². The van der Waals surface area contributed by atoms with Crippen molar-refractivity contribution in [2.24, 2.45) is 5.92 Å². The molecular formula is C15H23ClN4O2. The molecule has 0 aliphatic rings. The van der Waals surface area contributed by atoms with E-state index in [1.807, 2.05) is 25.1 Å². The lowest BCUT2D eigenvalue weighted by Gasteiger charge is -2.23. The Bertz CT molecular complexity index is 548. The summed E-state index contributed by atoms with van der Waals surface area (Å²) in [5.74, 6) is -0.384. The highest BCUT2D eigenvalue weighted by molar-refractivity contribution is 6.31. The second-order valence-electron chi connectivity index (χ2n) is 5.38. The largest absolute Gasteiger partial charge is 0.376 e. The molecule has 122 valence electrons. The minimum atomic E-state index is -0.291. The Kier molecular flexibility index (Phi) is 6.49. The van der Waals surface area contributed by atoms with E-state index in [4.69, 9.17) is 11.6 Å². The molecule has 0 spiro atoms. The number of halogens is 1. The highest BCUT2D eigenvalue weighted by atomic mass is 35.5. The Morgan fingerprint density at radius 1 is 1.27 bits per heavy atom. The zero-order valence-corrected chi connectivity index (χ0v) is 14.4. The molecule has 7 heteroatoms. The molecule has 0 aromatic heterocycles. The molecule has 1 aromatic carbocycles. The topological polar surface area (TPSA) is 64.7 Å². The van der Waals surface area contributed by atoms with E-state index < -0.39 is 0 Å². The number of carbonyl (C=O) groups is 2. The second kappa shape index (κ2) is 7.89. The van der Waals surface area contributed by atoms with Gasteiger partial charge in [0.15, 0.2) is 0 Å². The molecule has 1 rings (SSSR count). The molecule has 0 aliphatic heterocycles. The Balaban J connectivity index is 2.80. The number of rotatable bonds is 5. The summed E-state index contributed by atoms with van der Waals surface area (Å²) in [5, 5.41) is 5.94. The van der Waals surface area contributed by atoms with Crippen LogP contribution in [0.5, 0.6) is 0 Å². The average molecular weight is 327 g/mol. The van der Waals surface area contributed by atoms with Gasteiger partial charge in [-0.05, 0) is 18.2 Å². The van der Waals surface area contributed by atoms with Gasteiger partial charge in [0.2, 0.25) is 5.91 Å². The van der Waals surface area contributed by atoms with Gasteiger partial charge in [0.1, 0.15) is 0 Å². The zero-order chi connectivity index (χ0) is 16.9. The molecule has 1 atom stereocenters. The van der Waals surface area contributed by atoms with Crippen molar-refractivity contribution < 1.29 is 9.59 Å². The van der Waals surface area contributed by atoms with Crippen LogP contribution in [0.25, 0.3) is 0 Å². The zero-order valence-electron chi connectivity index (χ0n) is 13.6. The van der Waals surface area contributed by atoms with Gasteiger partial charge < -0.3 is 20.4 Å². The second-order valence-corrected chi connectivity index (χ2v) is 5.82. The van der Waals surface area contributed by atoms with E-state index in [9.17, 15) is 9.59 Å². The minimum Gasteiger partial charge on any atom is -0.376 e. The quantitative estimate of drug-likeness (QED) is 0.872. The predicted molar refractivity (Wildman–Crippen MR) is 90.7 cm³/mol. The van der Waals surface area contributed by atoms with Gasteiger partial charge in [0.05, 0.1) is 17.3 Å². The number of amides is 3. The van der Waals surface area contributed by atoms with E-state index in [1.54, 1.807) is 33.2 Å². The molecule has 22 heavy (non-hydrogen) atoms. The lowest BCUT2D eigenvalue weighted by Crippen LogP contribution is -2.39. The van der Waals surface area contributed by atoms with Gasteiger partial charge in [-0.2, -0.15) is 0 Å². The molecule has 1 aromatic rings. The maximum atomic E-state index is 12.3. The van der Waals surface area contributed by atoms with Crippen LogP contribution in [0.2, 0.25) is 5.02 Å². The van der Waals surface area contributed by atoms with Gasteiger partial charge in [-0.25, -0.2) is 4.79 Å². The number of urea groups is 1. The maximum Gasteiger partial charge on any atom is 0.321 e. The van der Waals surface area contributed by atoms with Gasteiger partial charge in [-0.15, -0.1) is 0 Å². The SMILES string of the molecule is CNC(=O)[C@H](C)CN(C)C(=O)Nc1cc(Cl)ccc1N(C)C. The summed E-state index contributed by atoms with van der Waals surface area (Å²) < 4.78 is 0. The summed E-state index contributed by atoms with van der Waals surface area (Å²) in [6.45, 7) is 2.09. The maximum absolute atomic E-state index is 12.3. The third kappa shape index (κ3) is 4.80. The normalized spacial score (nSPS) is 11.5. The minimum absolute atomic E-state index is 0.101. The summed E-state index contributed by atoms with van der Waals surface area (Å²) in [4.78, 5) is 27.1. The van der Waals surface area contributed by atoms with Crippen molar-refractivity contribution in [1.82, 2.24) is 10.2 Å². The molecule has 6 nitrogen and oxygen atoms in total. The first-order valence-corrected chi connectivity index (χ1v) is 7.34. The van der Waals surface area contributed by atoms with Crippen molar-refractivity contribution in [3.63, 3.8) is 0 Å². The van der Waals surface area contributed by atoms with E-state index in [0.29, 0.717) is 17.3 Å². The van der Waals surface area contributed by atoms with Crippen LogP contribution in [0.15, 0.2) is 18.2 Å². The van der Waals surface area contributed by atoms with Gasteiger partial charge in [-0.3, -0.25) is 4.79 Å². The molecule has 0 unspecified atom stereocenters. The number of carbonyl (C=O) groups excluding carboxylic acids is 2. The Morgan fingerprint density at radius 2 is 1.91 bits per heavy atom. The standard InChI is InChI=1S/C15H23ClN4O2/c1-10(14(21)17-2)9-20(5)15(22)18-12-8-11(16)6-7-13(12)19(3)4/h6-8,10H,9H2,1-5H3,(H,17,21)(H,18,22)/t10-/m1/s1. The van der Waals surface area contributed by atoms with Crippen LogP contribution in [0.1, 0.15) is 6.92 Å². The molecule has 0 aliphatic carbocycles. The molecule has 0 radical (unpaired) electrons. The fourth-order valence-corrected chi connectivity index (χ4v) is 2.20. The summed E-state index contributed by atoms with van der Waals surface area (Å²) >= 11 is 5.99. The van der Waals surface area contributed by atoms with Crippen LogP contribution in [0.4, 0.5) is 16.2 Å².